The van der Waals surface area contributed by atoms with Gasteiger partial charge in [-0.2, -0.15) is 15.0 Å². The van der Waals surface area contributed by atoms with Crippen molar-refractivity contribution in [1.29, 1.82) is 0 Å². The Bertz CT molecular complexity index is 604. The fourth-order valence-corrected chi connectivity index (χ4v) is 2.48. The van der Waals surface area contributed by atoms with E-state index in [2.05, 4.69) is 41.2 Å². The van der Waals surface area contributed by atoms with Crippen LogP contribution in [0.2, 0.25) is 0 Å². The Morgan fingerprint density at radius 3 is 1.75 bits per heavy atom. The Labute approximate surface area is 191 Å². The van der Waals surface area contributed by atoms with Crippen molar-refractivity contribution >= 4 is 17.8 Å². The monoisotopic (exact) mass is 460 g/mol. The first-order valence-electron chi connectivity index (χ1n) is 11.1. The van der Waals surface area contributed by atoms with E-state index in [0.29, 0.717) is 19.8 Å². The summed E-state index contributed by atoms with van der Waals surface area (Å²) >= 11 is 0. The molecule has 0 spiro atoms. The molecule has 1 rings (SSSR count). The average Bonchev–Trinajstić information content (AvgIpc) is 2.82. The highest BCUT2D eigenvalue weighted by molar-refractivity contribution is 5.42. The fraction of sp³-hybridized carbons (Fsp3) is 0.850. The van der Waals surface area contributed by atoms with Crippen LogP contribution in [-0.4, -0.2) is 69.2 Å². The van der Waals surface area contributed by atoms with Crippen LogP contribution in [0, 0.1) is 0 Å². The van der Waals surface area contributed by atoms with Gasteiger partial charge < -0.3 is 14.2 Å². The summed E-state index contributed by atoms with van der Waals surface area (Å²) in [5.41, 5.74) is 2.76. The van der Waals surface area contributed by atoms with Crippen LogP contribution < -0.4 is 15.6 Å². The molecule has 1 N–H and O–H groups in total. The Balaban J connectivity index is 3.27. The van der Waals surface area contributed by atoms with Crippen molar-refractivity contribution in [3.05, 3.63) is 0 Å². The molecule has 32 heavy (non-hydrogen) atoms. The normalized spacial score (nSPS) is 11.6. The number of aromatic nitrogens is 3. The molecule has 0 atom stereocenters. The molecular formula is C20H40N6O6. The molecule has 0 aromatic carbocycles. The topological polar surface area (TPSA) is 113 Å². The zero-order valence-corrected chi connectivity index (χ0v) is 20.5. The van der Waals surface area contributed by atoms with Crippen LogP contribution in [-0.2, 0) is 28.7 Å². The van der Waals surface area contributed by atoms with Gasteiger partial charge in [-0.15, -0.1) is 0 Å². The lowest BCUT2D eigenvalue weighted by molar-refractivity contribution is -0.349. The second kappa shape index (κ2) is 15.9. The van der Waals surface area contributed by atoms with Crippen molar-refractivity contribution in [2.45, 2.75) is 65.4 Å². The third-order valence-corrected chi connectivity index (χ3v) is 4.44. The lowest BCUT2D eigenvalue weighted by Crippen LogP contribution is -2.52. The standard InChI is InChI=1S/C20H40N6O6/c1-8-11-14-30-24-17-21-18(25(4)20(27-5,28-6)29-7)23-19(22-17)26(31-15-12-9-2)32-16-13-10-3/h8-16H2,1-7H3,(H,21,22,23,24). The molecule has 1 heterocycles. The molecule has 0 saturated heterocycles. The molecule has 0 saturated carbocycles. The molecule has 0 aliphatic rings. The molecule has 0 fully saturated rings. The average molecular weight is 461 g/mol. The lowest BCUT2D eigenvalue weighted by Gasteiger charge is -2.36. The molecule has 1 aromatic rings. The number of methoxy groups -OCH3 is 3. The summed E-state index contributed by atoms with van der Waals surface area (Å²) in [6.07, 6.45) is 4.02. The molecule has 12 heteroatoms. The molecule has 0 aliphatic heterocycles. The van der Waals surface area contributed by atoms with Crippen LogP contribution in [0.5, 0.6) is 0 Å². The van der Waals surface area contributed by atoms with Crippen LogP contribution >= 0.6 is 0 Å². The van der Waals surface area contributed by atoms with Crippen LogP contribution in [0.4, 0.5) is 17.8 Å². The first-order chi connectivity index (χ1) is 15.5. The second-order valence-corrected chi connectivity index (χ2v) is 6.89. The molecule has 0 aliphatic carbocycles. The Morgan fingerprint density at radius 1 is 0.750 bits per heavy atom. The number of unbranched alkanes of at least 4 members (excludes halogenated alkanes) is 3. The molecule has 0 unspecified atom stereocenters. The second-order valence-electron chi connectivity index (χ2n) is 6.89. The number of nitrogens with one attached hydrogen (secondary N) is 1. The van der Waals surface area contributed by atoms with E-state index in [4.69, 9.17) is 28.7 Å². The molecular weight excluding hydrogens is 420 g/mol. The fourth-order valence-electron chi connectivity index (χ4n) is 2.48. The van der Waals surface area contributed by atoms with Gasteiger partial charge in [0.05, 0.1) is 19.8 Å². The minimum absolute atomic E-state index is 0.146. The maximum atomic E-state index is 5.79. The molecule has 12 nitrogen and oxygen atoms in total. The van der Waals surface area contributed by atoms with E-state index in [-0.39, 0.29) is 17.8 Å². The van der Waals surface area contributed by atoms with Gasteiger partial charge in [0.2, 0.25) is 5.95 Å². The SMILES string of the molecule is CCCCONc1nc(N(OCCCC)OCCCC)nc(N(C)C(OC)(OC)OC)n1. The highest BCUT2D eigenvalue weighted by Gasteiger charge is 2.38. The predicted molar refractivity (Wildman–Crippen MR) is 121 cm³/mol. The van der Waals surface area contributed by atoms with Crippen molar-refractivity contribution in [3.8, 4) is 0 Å². The summed E-state index contributed by atoms with van der Waals surface area (Å²) in [4.78, 5) is 31.8. The van der Waals surface area contributed by atoms with Crippen molar-refractivity contribution < 1.29 is 28.7 Å². The summed E-state index contributed by atoms with van der Waals surface area (Å²) in [6, 6.07) is 0. The Morgan fingerprint density at radius 2 is 1.25 bits per heavy atom. The van der Waals surface area contributed by atoms with Crippen molar-refractivity contribution in [1.82, 2.24) is 15.0 Å². The number of hydrogen-bond donors (Lipinski definition) is 1. The minimum atomic E-state index is -1.55. The van der Waals surface area contributed by atoms with E-state index in [9.17, 15) is 0 Å². The van der Waals surface area contributed by atoms with Gasteiger partial charge in [0.25, 0.3) is 11.9 Å². The van der Waals surface area contributed by atoms with Crippen molar-refractivity contribution in [3.63, 3.8) is 0 Å². The zero-order chi connectivity index (χ0) is 23.8. The summed E-state index contributed by atoms with van der Waals surface area (Å²) in [5, 5.41) is 1.22. The predicted octanol–water partition coefficient (Wildman–Crippen LogP) is 3.27. The maximum Gasteiger partial charge on any atom is 0.378 e. The van der Waals surface area contributed by atoms with E-state index < -0.39 is 6.10 Å². The largest absolute Gasteiger partial charge is 0.378 e. The van der Waals surface area contributed by atoms with Gasteiger partial charge in [0.1, 0.15) is 0 Å². The van der Waals surface area contributed by atoms with Crippen LogP contribution in [0.15, 0.2) is 0 Å². The van der Waals surface area contributed by atoms with Gasteiger partial charge >= 0.3 is 6.10 Å². The zero-order valence-electron chi connectivity index (χ0n) is 20.5. The van der Waals surface area contributed by atoms with Gasteiger partial charge in [-0.25, -0.2) is 15.2 Å². The molecule has 0 amide bonds. The van der Waals surface area contributed by atoms with Gasteiger partial charge in [0, 0.05) is 28.4 Å². The van der Waals surface area contributed by atoms with E-state index in [1.165, 1.54) is 31.5 Å². The van der Waals surface area contributed by atoms with Crippen LogP contribution in [0.1, 0.15) is 59.3 Å². The van der Waals surface area contributed by atoms with Crippen molar-refractivity contribution in [2.75, 3.05) is 63.8 Å². The van der Waals surface area contributed by atoms with E-state index >= 15 is 0 Å². The van der Waals surface area contributed by atoms with E-state index in [1.807, 2.05) is 0 Å². The smallest absolute Gasteiger partial charge is 0.312 e. The molecule has 1 aromatic heterocycles. The van der Waals surface area contributed by atoms with Gasteiger partial charge in [0.15, 0.2) is 0 Å². The summed E-state index contributed by atoms with van der Waals surface area (Å²) < 4.78 is 16.3. The number of anilines is 3. The number of rotatable bonds is 19. The van der Waals surface area contributed by atoms with Gasteiger partial charge in [-0.1, -0.05) is 45.3 Å². The number of ether oxygens (including phenoxy) is 3. The third kappa shape index (κ3) is 8.60. The van der Waals surface area contributed by atoms with E-state index in [0.717, 1.165) is 38.5 Å². The number of nitrogens with zero attached hydrogens (tertiary/aromatic N) is 5. The highest BCUT2D eigenvalue weighted by atomic mass is 17.0. The minimum Gasteiger partial charge on any atom is -0.312 e. The van der Waals surface area contributed by atoms with E-state index in [1.54, 1.807) is 7.05 Å². The molecule has 0 radical (unpaired) electrons. The summed E-state index contributed by atoms with van der Waals surface area (Å²) in [6.45, 7) is 7.65. The van der Waals surface area contributed by atoms with Gasteiger partial charge in [-0.3, -0.25) is 9.74 Å². The van der Waals surface area contributed by atoms with Gasteiger partial charge in [-0.05, 0) is 19.3 Å². The van der Waals surface area contributed by atoms with Crippen molar-refractivity contribution in [2.24, 2.45) is 0 Å². The summed E-state index contributed by atoms with van der Waals surface area (Å²) in [5.74, 6) is 0.506. The third-order valence-electron chi connectivity index (χ3n) is 4.44. The first-order valence-corrected chi connectivity index (χ1v) is 11.1. The highest BCUT2D eigenvalue weighted by Crippen LogP contribution is 2.25. The lowest BCUT2D eigenvalue weighted by atomic mass is 10.4. The van der Waals surface area contributed by atoms with Crippen LogP contribution in [0.25, 0.3) is 0 Å². The number of hydrogen-bond acceptors (Lipinski definition) is 12. The first kappa shape index (κ1) is 28.2. The Hall–Kier alpha value is -1.83. The summed E-state index contributed by atoms with van der Waals surface area (Å²) in [7, 11) is 6.02. The van der Waals surface area contributed by atoms with Crippen LogP contribution in [0.3, 0.4) is 0 Å². The Kier molecular flexibility index (Phi) is 14.0. The quantitative estimate of drug-likeness (QED) is 0.186. The molecule has 0 bridgehead atoms. The maximum absolute atomic E-state index is 5.79. The molecule has 186 valence electrons.